The molecule has 2 aromatic rings. The van der Waals surface area contributed by atoms with Gasteiger partial charge in [0.15, 0.2) is 11.5 Å². The first-order valence-electron chi connectivity index (χ1n) is 14.9. The maximum absolute atomic E-state index is 13.7. The Bertz CT molecular complexity index is 1090. The lowest BCUT2D eigenvalue weighted by molar-refractivity contribution is -0.132. The van der Waals surface area contributed by atoms with Crippen LogP contribution in [-0.2, 0) is 16.0 Å². The quantitative estimate of drug-likeness (QED) is 0.276. The van der Waals surface area contributed by atoms with Crippen molar-refractivity contribution >= 4 is 24.2 Å². The van der Waals surface area contributed by atoms with Crippen molar-refractivity contribution in [2.24, 2.45) is 0 Å². The number of hydrogen-bond donors (Lipinski definition) is 1. The van der Waals surface area contributed by atoms with E-state index in [0.29, 0.717) is 42.7 Å². The second-order valence-corrected chi connectivity index (χ2v) is 11.3. The fourth-order valence-corrected chi connectivity index (χ4v) is 5.50. The van der Waals surface area contributed by atoms with E-state index in [1.165, 1.54) is 0 Å². The minimum atomic E-state index is -0.00728. The Morgan fingerprint density at radius 1 is 0.952 bits per heavy atom. The third-order valence-corrected chi connectivity index (χ3v) is 7.70. The molecule has 1 heterocycles. The van der Waals surface area contributed by atoms with Crippen LogP contribution in [0.3, 0.4) is 0 Å². The minimum Gasteiger partial charge on any atom is -0.493 e. The number of rotatable bonds is 15. The molecule has 1 N–H and O–H groups in total. The summed E-state index contributed by atoms with van der Waals surface area (Å²) in [6.45, 7) is 10.8. The number of nitrogens with one attached hydrogen (secondary N) is 1. The van der Waals surface area contributed by atoms with Gasteiger partial charge in [0.2, 0.25) is 5.91 Å². The van der Waals surface area contributed by atoms with Crippen LogP contribution in [0.1, 0.15) is 69.3 Å². The Kier molecular flexibility index (Phi) is 15.2. The average Bonchev–Trinajstić information content (AvgIpc) is 2.96. The van der Waals surface area contributed by atoms with Crippen LogP contribution in [-0.4, -0.2) is 86.3 Å². The summed E-state index contributed by atoms with van der Waals surface area (Å²) < 4.78 is 16.5. The zero-order chi connectivity index (χ0) is 29.8. The number of ether oxygens (including phenoxy) is 3. The summed E-state index contributed by atoms with van der Waals surface area (Å²) in [5.74, 6) is 1.33. The van der Waals surface area contributed by atoms with E-state index in [0.717, 1.165) is 44.3 Å². The maximum atomic E-state index is 13.7. The van der Waals surface area contributed by atoms with Gasteiger partial charge in [-0.1, -0.05) is 30.3 Å². The highest BCUT2D eigenvalue weighted by molar-refractivity contribution is 5.95. The second kappa shape index (κ2) is 18.0. The third-order valence-electron chi connectivity index (χ3n) is 7.70. The first kappa shape index (κ1) is 35.4. The predicted molar refractivity (Wildman–Crippen MR) is 170 cm³/mol. The van der Waals surface area contributed by atoms with E-state index in [1.54, 1.807) is 26.4 Å². The van der Waals surface area contributed by atoms with Crippen molar-refractivity contribution in [3.8, 4) is 11.5 Å². The zero-order valence-electron chi connectivity index (χ0n) is 26.1. The number of benzene rings is 2. The van der Waals surface area contributed by atoms with E-state index >= 15 is 0 Å². The van der Waals surface area contributed by atoms with Crippen LogP contribution < -0.4 is 14.8 Å². The van der Waals surface area contributed by atoms with Crippen molar-refractivity contribution in [3.05, 3.63) is 59.7 Å². The van der Waals surface area contributed by atoms with Crippen LogP contribution in [0.2, 0.25) is 0 Å². The molecule has 0 bridgehead atoms. The molecule has 0 unspecified atom stereocenters. The van der Waals surface area contributed by atoms with Crippen LogP contribution in [0.4, 0.5) is 0 Å². The molecule has 2 atom stereocenters. The normalized spacial score (nSPS) is 16.6. The number of halogens is 1. The van der Waals surface area contributed by atoms with Gasteiger partial charge in [-0.3, -0.25) is 9.59 Å². The maximum Gasteiger partial charge on any atom is 0.254 e. The topological polar surface area (TPSA) is 80.3 Å². The summed E-state index contributed by atoms with van der Waals surface area (Å²) in [5.41, 5.74) is 1.63. The molecule has 1 aliphatic rings. The monoisotopic (exact) mass is 603 g/mol. The molecule has 2 amide bonds. The molecule has 0 aromatic heterocycles. The standard InChI is InChI=1S/C33H49N3O5.ClH/c1-24(2)35(32(37)21-26-11-8-7-9-12-26)18-17-28-14-15-29(23-34-28)36(25(3)4)33(38)27-13-16-30(40-6)31(22-27)41-20-10-19-39-5;/h7-9,11-13,16,22,24-25,28-29,34H,10,14-15,17-21,23H2,1-6H3;1H/t28-,29-;/m1./s1. The molecule has 1 saturated heterocycles. The lowest BCUT2D eigenvalue weighted by Gasteiger charge is -2.40. The zero-order valence-corrected chi connectivity index (χ0v) is 27.0. The number of carbonyl (C=O) groups excluding carboxylic acids is 2. The SMILES string of the molecule is COCCCOc1cc(C(=O)N(C(C)C)[C@@H]2CC[C@H](CCN(C(=O)Cc3ccccc3)C(C)C)NC2)ccc1OC.Cl. The molecule has 0 radical (unpaired) electrons. The summed E-state index contributed by atoms with van der Waals surface area (Å²) in [5, 5.41) is 3.67. The van der Waals surface area contributed by atoms with Gasteiger partial charge in [0.05, 0.1) is 20.1 Å². The van der Waals surface area contributed by atoms with Crippen LogP contribution in [0.15, 0.2) is 48.5 Å². The molecule has 0 saturated carbocycles. The largest absolute Gasteiger partial charge is 0.493 e. The van der Waals surface area contributed by atoms with E-state index in [9.17, 15) is 9.59 Å². The molecule has 42 heavy (non-hydrogen) atoms. The first-order valence-corrected chi connectivity index (χ1v) is 14.9. The lowest BCUT2D eigenvalue weighted by atomic mass is 9.95. The molecule has 8 nitrogen and oxygen atoms in total. The van der Waals surface area contributed by atoms with Crippen molar-refractivity contribution in [1.82, 2.24) is 15.1 Å². The lowest BCUT2D eigenvalue weighted by Crippen LogP contribution is -2.54. The molecule has 2 aromatic carbocycles. The van der Waals surface area contributed by atoms with Crippen molar-refractivity contribution in [2.75, 3.05) is 40.5 Å². The molecule has 1 aliphatic heterocycles. The fraction of sp³-hybridized carbons (Fsp3) is 0.576. The number of piperidine rings is 1. The van der Waals surface area contributed by atoms with Gasteiger partial charge in [0.1, 0.15) is 0 Å². The smallest absolute Gasteiger partial charge is 0.254 e. The van der Waals surface area contributed by atoms with Gasteiger partial charge in [-0.2, -0.15) is 0 Å². The van der Waals surface area contributed by atoms with E-state index in [-0.39, 0.29) is 42.3 Å². The molecule has 234 valence electrons. The number of nitrogens with zero attached hydrogens (tertiary/aromatic N) is 2. The molecule has 3 rings (SSSR count). The summed E-state index contributed by atoms with van der Waals surface area (Å²) in [7, 11) is 3.26. The Labute approximate surface area is 258 Å². The summed E-state index contributed by atoms with van der Waals surface area (Å²) in [4.78, 5) is 30.8. The van der Waals surface area contributed by atoms with E-state index < -0.39 is 0 Å². The van der Waals surface area contributed by atoms with E-state index in [4.69, 9.17) is 14.2 Å². The Morgan fingerprint density at radius 3 is 2.29 bits per heavy atom. The van der Waals surface area contributed by atoms with Gasteiger partial charge in [-0.15, -0.1) is 12.4 Å². The molecular weight excluding hydrogens is 554 g/mol. The Morgan fingerprint density at radius 2 is 1.69 bits per heavy atom. The molecular formula is C33H50ClN3O5. The van der Waals surface area contributed by atoms with Crippen molar-refractivity contribution < 1.29 is 23.8 Å². The molecule has 9 heteroatoms. The number of amides is 2. The first-order chi connectivity index (χ1) is 19.7. The van der Waals surface area contributed by atoms with Crippen LogP contribution >= 0.6 is 12.4 Å². The number of carbonyl (C=O) groups is 2. The summed E-state index contributed by atoms with van der Waals surface area (Å²) >= 11 is 0. The van der Waals surface area contributed by atoms with E-state index in [2.05, 4.69) is 33.0 Å². The summed E-state index contributed by atoms with van der Waals surface area (Å²) in [6, 6.07) is 15.9. The third kappa shape index (κ3) is 10.2. The van der Waals surface area contributed by atoms with Crippen LogP contribution in [0.5, 0.6) is 11.5 Å². The highest BCUT2D eigenvalue weighted by atomic mass is 35.5. The minimum absolute atomic E-state index is 0. The highest BCUT2D eigenvalue weighted by Gasteiger charge is 2.32. The van der Waals surface area contributed by atoms with Crippen molar-refractivity contribution in [2.45, 2.75) is 84.0 Å². The average molecular weight is 604 g/mol. The van der Waals surface area contributed by atoms with Crippen molar-refractivity contribution in [3.63, 3.8) is 0 Å². The van der Waals surface area contributed by atoms with Crippen LogP contribution in [0.25, 0.3) is 0 Å². The second-order valence-electron chi connectivity index (χ2n) is 11.3. The number of methoxy groups -OCH3 is 2. The highest BCUT2D eigenvalue weighted by Crippen LogP contribution is 2.30. The van der Waals surface area contributed by atoms with Gasteiger partial charge >= 0.3 is 0 Å². The molecule has 0 spiro atoms. The Hall–Kier alpha value is -2.81. The summed E-state index contributed by atoms with van der Waals surface area (Å²) in [6.07, 6.45) is 3.94. The number of hydrogen-bond acceptors (Lipinski definition) is 6. The van der Waals surface area contributed by atoms with Gasteiger partial charge in [0.25, 0.3) is 5.91 Å². The van der Waals surface area contributed by atoms with Gasteiger partial charge in [-0.25, -0.2) is 0 Å². The molecule has 0 aliphatic carbocycles. The van der Waals surface area contributed by atoms with Gasteiger partial charge in [-0.05, 0) is 70.7 Å². The Balaban J connectivity index is 0.00000616. The van der Waals surface area contributed by atoms with Gasteiger partial charge < -0.3 is 29.3 Å². The van der Waals surface area contributed by atoms with Crippen molar-refractivity contribution in [1.29, 1.82) is 0 Å². The van der Waals surface area contributed by atoms with E-state index in [1.807, 2.05) is 46.2 Å². The van der Waals surface area contributed by atoms with Crippen LogP contribution in [0, 0.1) is 0 Å². The van der Waals surface area contributed by atoms with Gasteiger partial charge in [0, 0.05) is 63.0 Å². The predicted octanol–water partition coefficient (Wildman–Crippen LogP) is 5.37. The molecule has 1 fully saturated rings. The fourth-order valence-electron chi connectivity index (χ4n) is 5.50.